The Kier molecular flexibility index (Phi) is 6.46. The molecule has 1 aromatic carbocycles. The fraction of sp³-hybridized carbons (Fsp3) is 0.375. The lowest BCUT2D eigenvalue weighted by molar-refractivity contribution is -0.384. The number of hydrogen-bond donors (Lipinski definition) is 2. The molecule has 0 aliphatic rings. The molecule has 0 aliphatic carbocycles. The first kappa shape index (κ1) is 19.1. The average Bonchev–Trinajstić information content (AvgIpc) is 2.44. The number of nitrogens with one attached hydrogen (secondary N) is 1. The Bertz CT molecular complexity index is 631. The smallest absolute Gasteiger partial charge is 0.408 e. The van der Waals surface area contributed by atoms with Crippen molar-refractivity contribution in [3.05, 3.63) is 46.0 Å². The number of non-ortho nitro benzene ring substituents is 1. The van der Waals surface area contributed by atoms with Gasteiger partial charge in [0, 0.05) is 12.1 Å². The molecule has 2 N–H and O–H groups in total. The molecule has 0 saturated carbocycles. The summed E-state index contributed by atoms with van der Waals surface area (Å²) >= 11 is 0. The van der Waals surface area contributed by atoms with E-state index in [0.717, 1.165) is 0 Å². The third-order valence-corrected chi connectivity index (χ3v) is 2.78. The van der Waals surface area contributed by atoms with Gasteiger partial charge in [-0.1, -0.05) is 12.2 Å². The van der Waals surface area contributed by atoms with Crippen molar-refractivity contribution in [2.45, 2.75) is 38.8 Å². The highest BCUT2D eigenvalue weighted by molar-refractivity contribution is 5.80. The van der Waals surface area contributed by atoms with Crippen LogP contribution in [0, 0.1) is 10.1 Å². The summed E-state index contributed by atoms with van der Waals surface area (Å²) in [5.41, 5.74) is -0.0639. The number of hydrogen-bond acceptors (Lipinski definition) is 5. The lowest BCUT2D eigenvalue weighted by atomic mass is 10.1. The summed E-state index contributed by atoms with van der Waals surface area (Å²) in [5, 5.41) is 22.0. The maximum Gasteiger partial charge on any atom is 0.408 e. The third-order valence-electron chi connectivity index (χ3n) is 2.78. The predicted octanol–water partition coefficient (Wildman–Crippen LogP) is 2.98. The van der Waals surface area contributed by atoms with E-state index in [1.807, 2.05) is 0 Å². The van der Waals surface area contributed by atoms with Crippen LogP contribution in [0.15, 0.2) is 30.3 Å². The van der Waals surface area contributed by atoms with Crippen molar-refractivity contribution >= 4 is 23.8 Å². The van der Waals surface area contributed by atoms with Gasteiger partial charge in [-0.25, -0.2) is 9.59 Å². The molecule has 1 amide bonds. The van der Waals surface area contributed by atoms with E-state index in [1.165, 1.54) is 12.1 Å². The molecule has 0 spiro atoms. The second-order valence-electron chi connectivity index (χ2n) is 6.02. The fourth-order valence-corrected chi connectivity index (χ4v) is 1.72. The van der Waals surface area contributed by atoms with Crippen molar-refractivity contribution in [2.75, 3.05) is 0 Å². The van der Waals surface area contributed by atoms with Crippen molar-refractivity contribution in [2.24, 2.45) is 0 Å². The lowest BCUT2D eigenvalue weighted by Gasteiger charge is -2.21. The molecule has 0 unspecified atom stereocenters. The summed E-state index contributed by atoms with van der Waals surface area (Å²) < 4.78 is 5.02. The number of carbonyl (C=O) groups is 2. The monoisotopic (exact) mass is 336 g/mol. The first-order chi connectivity index (χ1) is 11.1. The van der Waals surface area contributed by atoms with Gasteiger partial charge >= 0.3 is 12.1 Å². The second kappa shape index (κ2) is 8.09. The molecule has 8 heteroatoms. The van der Waals surface area contributed by atoms with Gasteiger partial charge in [0.05, 0.1) is 4.92 Å². The van der Waals surface area contributed by atoms with Crippen LogP contribution in [-0.4, -0.2) is 33.7 Å². The summed E-state index contributed by atoms with van der Waals surface area (Å²) in [5.74, 6) is -1.19. The molecule has 0 radical (unpaired) electrons. The Morgan fingerprint density at radius 1 is 1.33 bits per heavy atom. The number of benzene rings is 1. The topological polar surface area (TPSA) is 119 Å². The standard InChI is InChI=1S/C16H20N2O6/c1-16(2,3)24-15(21)17-13(14(19)20)6-4-5-11-7-9-12(10-8-11)18(22)23/h4-5,7-10,13H,6H2,1-3H3,(H,17,21)(H,19,20)/t13-/m0/s1. The molecule has 0 aliphatic heterocycles. The molecule has 1 atom stereocenters. The zero-order valence-corrected chi connectivity index (χ0v) is 13.7. The number of nitrogens with zero attached hydrogens (tertiary/aromatic N) is 1. The summed E-state index contributed by atoms with van der Waals surface area (Å²) in [6.07, 6.45) is 2.43. The molecule has 0 bridgehead atoms. The maximum atomic E-state index is 11.6. The van der Waals surface area contributed by atoms with Crippen LogP contribution in [-0.2, 0) is 9.53 Å². The van der Waals surface area contributed by atoms with Crippen molar-refractivity contribution in [1.82, 2.24) is 5.32 Å². The third kappa shape index (κ3) is 6.91. The predicted molar refractivity (Wildman–Crippen MR) is 87.5 cm³/mol. The number of nitro benzene ring substituents is 1. The second-order valence-corrected chi connectivity index (χ2v) is 6.02. The van der Waals surface area contributed by atoms with E-state index >= 15 is 0 Å². The lowest BCUT2D eigenvalue weighted by Crippen LogP contribution is -2.43. The SMILES string of the molecule is CC(C)(C)OC(=O)N[C@@H](CC=Cc1ccc([N+](=O)[O-])cc1)C(=O)O. The van der Waals surface area contributed by atoms with Crippen LogP contribution in [0.5, 0.6) is 0 Å². The Hall–Kier alpha value is -2.90. The number of ether oxygens (including phenoxy) is 1. The Labute approximate surface area is 139 Å². The Balaban J connectivity index is 2.64. The van der Waals surface area contributed by atoms with Gasteiger partial charge in [0.2, 0.25) is 0 Å². The van der Waals surface area contributed by atoms with Crippen LogP contribution in [0.2, 0.25) is 0 Å². The number of nitro groups is 1. The minimum Gasteiger partial charge on any atom is -0.480 e. The largest absolute Gasteiger partial charge is 0.480 e. The highest BCUT2D eigenvalue weighted by atomic mass is 16.6. The van der Waals surface area contributed by atoms with Crippen molar-refractivity contribution in [1.29, 1.82) is 0 Å². The summed E-state index contributed by atoms with van der Waals surface area (Å²) in [6, 6.07) is 4.67. The molecular weight excluding hydrogens is 316 g/mol. The van der Waals surface area contributed by atoms with E-state index in [1.54, 1.807) is 45.1 Å². The number of carbonyl (C=O) groups excluding carboxylic acids is 1. The quantitative estimate of drug-likeness (QED) is 0.609. The van der Waals surface area contributed by atoms with E-state index in [9.17, 15) is 19.7 Å². The van der Waals surface area contributed by atoms with E-state index in [0.29, 0.717) is 5.56 Å². The van der Waals surface area contributed by atoms with Crippen LogP contribution in [0.1, 0.15) is 32.8 Å². The van der Waals surface area contributed by atoms with E-state index in [2.05, 4.69) is 5.32 Å². The number of amides is 1. The number of carboxylic acids is 1. The maximum absolute atomic E-state index is 11.6. The van der Waals surface area contributed by atoms with Gasteiger partial charge in [-0.15, -0.1) is 0 Å². The minimum absolute atomic E-state index is 0.0258. The van der Waals surface area contributed by atoms with Crippen molar-refractivity contribution < 1.29 is 24.4 Å². The minimum atomic E-state index is -1.19. The molecule has 0 saturated heterocycles. The van der Waals surface area contributed by atoms with E-state index in [-0.39, 0.29) is 12.1 Å². The molecular formula is C16H20N2O6. The van der Waals surface area contributed by atoms with Crippen LogP contribution in [0.25, 0.3) is 6.08 Å². The number of carboxylic acid groups (broad SMARTS) is 1. The van der Waals surface area contributed by atoms with Gasteiger partial charge in [0.15, 0.2) is 0 Å². The van der Waals surface area contributed by atoms with Gasteiger partial charge < -0.3 is 15.2 Å². The van der Waals surface area contributed by atoms with Crippen LogP contribution < -0.4 is 5.32 Å². The van der Waals surface area contributed by atoms with Gasteiger partial charge in [-0.05, 0) is 44.9 Å². The van der Waals surface area contributed by atoms with Gasteiger partial charge in [0.1, 0.15) is 11.6 Å². The summed E-state index contributed by atoms with van der Waals surface area (Å²) in [7, 11) is 0. The van der Waals surface area contributed by atoms with Gasteiger partial charge in [-0.3, -0.25) is 10.1 Å². The number of rotatable bonds is 6. The molecule has 0 fully saturated rings. The normalized spacial score (nSPS) is 12.6. The van der Waals surface area contributed by atoms with E-state index < -0.39 is 28.6 Å². The Morgan fingerprint density at radius 2 is 1.92 bits per heavy atom. The molecule has 24 heavy (non-hydrogen) atoms. The summed E-state index contributed by atoms with van der Waals surface area (Å²) in [6.45, 7) is 5.03. The Morgan fingerprint density at radius 3 is 2.38 bits per heavy atom. The molecule has 0 heterocycles. The summed E-state index contributed by atoms with van der Waals surface area (Å²) in [4.78, 5) is 32.9. The molecule has 8 nitrogen and oxygen atoms in total. The highest BCUT2D eigenvalue weighted by Crippen LogP contribution is 2.13. The zero-order chi connectivity index (χ0) is 18.3. The van der Waals surface area contributed by atoms with Crippen LogP contribution in [0.4, 0.5) is 10.5 Å². The first-order valence-corrected chi connectivity index (χ1v) is 7.22. The van der Waals surface area contributed by atoms with Crippen molar-refractivity contribution in [3.63, 3.8) is 0 Å². The zero-order valence-electron chi connectivity index (χ0n) is 13.7. The van der Waals surface area contributed by atoms with Crippen molar-refractivity contribution in [3.8, 4) is 0 Å². The average molecular weight is 336 g/mol. The van der Waals surface area contributed by atoms with E-state index in [4.69, 9.17) is 9.84 Å². The molecule has 1 rings (SSSR count). The number of aliphatic carboxylic acids is 1. The first-order valence-electron chi connectivity index (χ1n) is 7.22. The van der Waals surface area contributed by atoms with Crippen LogP contribution >= 0.6 is 0 Å². The van der Waals surface area contributed by atoms with Gasteiger partial charge in [-0.2, -0.15) is 0 Å². The molecule has 0 aromatic heterocycles. The van der Waals surface area contributed by atoms with Crippen LogP contribution in [0.3, 0.4) is 0 Å². The fourth-order valence-electron chi connectivity index (χ4n) is 1.72. The highest BCUT2D eigenvalue weighted by Gasteiger charge is 2.22. The molecule has 130 valence electrons. The van der Waals surface area contributed by atoms with Gasteiger partial charge in [0.25, 0.3) is 5.69 Å². The molecule has 1 aromatic rings. The number of alkyl carbamates (subject to hydrolysis) is 1.